The number of carbonyl (C=O) groups excluding carboxylic acids is 1. The van der Waals surface area contributed by atoms with Crippen molar-refractivity contribution in [2.75, 3.05) is 17.4 Å². The number of aromatic nitrogens is 1. The highest BCUT2D eigenvalue weighted by Gasteiger charge is 2.33. The number of nitrogens with zero attached hydrogens (tertiary/aromatic N) is 2. The van der Waals surface area contributed by atoms with Crippen molar-refractivity contribution in [3.8, 4) is 11.5 Å². The fourth-order valence-electron chi connectivity index (χ4n) is 4.23. The molecule has 0 radical (unpaired) electrons. The Morgan fingerprint density at radius 1 is 1.21 bits per heavy atom. The van der Waals surface area contributed by atoms with Gasteiger partial charge in [0.25, 0.3) is 5.91 Å². The lowest BCUT2D eigenvalue weighted by Crippen LogP contribution is -2.35. The van der Waals surface area contributed by atoms with Gasteiger partial charge in [-0.15, -0.1) is 11.3 Å². The normalized spacial score (nSPS) is 17.3. The smallest absolute Gasteiger partial charge is 0.270 e. The summed E-state index contributed by atoms with van der Waals surface area (Å²) >= 11 is 1.34. The maximum atomic E-state index is 13.5. The topological polar surface area (TPSA) is 77.7 Å². The van der Waals surface area contributed by atoms with Crippen LogP contribution in [0.15, 0.2) is 42.5 Å². The van der Waals surface area contributed by atoms with Gasteiger partial charge in [0.1, 0.15) is 9.71 Å². The van der Waals surface area contributed by atoms with Gasteiger partial charge >= 0.3 is 0 Å². The monoisotopic (exact) mass is 403 g/mol. The van der Waals surface area contributed by atoms with Gasteiger partial charge in [0.2, 0.25) is 6.79 Å². The number of benzene rings is 2. The van der Waals surface area contributed by atoms with Crippen molar-refractivity contribution in [3.63, 3.8) is 0 Å². The maximum absolute atomic E-state index is 13.5. The summed E-state index contributed by atoms with van der Waals surface area (Å²) < 4.78 is 10.9. The Morgan fingerprint density at radius 2 is 2.00 bits per heavy atom. The first kappa shape index (κ1) is 16.6. The number of nitrogen functional groups attached to an aromatic ring is 1. The quantitative estimate of drug-likeness (QED) is 0.511. The van der Waals surface area contributed by atoms with Crippen LogP contribution in [0.3, 0.4) is 0 Å². The van der Waals surface area contributed by atoms with E-state index in [1.807, 2.05) is 41.3 Å². The van der Waals surface area contributed by atoms with Crippen LogP contribution in [0.1, 0.15) is 22.2 Å². The number of ether oxygens (including phenoxy) is 2. The van der Waals surface area contributed by atoms with Crippen molar-refractivity contribution in [1.82, 2.24) is 4.98 Å². The number of thiophene rings is 1. The summed E-state index contributed by atoms with van der Waals surface area (Å²) in [5.74, 6) is 1.32. The molecule has 2 aliphatic heterocycles. The first-order chi connectivity index (χ1) is 14.1. The summed E-state index contributed by atoms with van der Waals surface area (Å²) in [5.41, 5.74) is 9.87. The zero-order valence-electron chi connectivity index (χ0n) is 15.6. The van der Waals surface area contributed by atoms with E-state index in [1.54, 1.807) is 0 Å². The van der Waals surface area contributed by atoms with Crippen LogP contribution < -0.4 is 20.1 Å². The van der Waals surface area contributed by atoms with Gasteiger partial charge in [-0.3, -0.25) is 4.79 Å². The molecular weight excluding hydrogens is 386 g/mol. The van der Waals surface area contributed by atoms with Crippen LogP contribution in [-0.4, -0.2) is 23.7 Å². The number of rotatable bonds is 1. The number of fused-ring (bicyclic) bond motifs is 4. The van der Waals surface area contributed by atoms with Crippen molar-refractivity contribution in [1.29, 1.82) is 0 Å². The fraction of sp³-hybridized carbons (Fsp3) is 0.182. The minimum Gasteiger partial charge on any atom is -0.454 e. The molecule has 0 spiro atoms. The van der Waals surface area contributed by atoms with E-state index in [0.29, 0.717) is 22.1 Å². The lowest BCUT2D eigenvalue weighted by atomic mass is 10.1. The fourth-order valence-corrected chi connectivity index (χ4v) is 5.26. The summed E-state index contributed by atoms with van der Waals surface area (Å²) in [6.07, 6.45) is 0.848. The predicted molar refractivity (Wildman–Crippen MR) is 114 cm³/mol. The summed E-state index contributed by atoms with van der Waals surface area (Å²) in [5, 5.41) is 1.70. The Bertz CT molecular complexity index is 1330. The van der Waals surface area contributed by atoms with Gasteiger partial charge in [-0.25, -0.2) is 4.98 Å². The Morgan fingerprint density at radius 3 is 2.86 bits per heavy atom. The number of carbonyl (C=O) groups is 1. The second-order valence-electron chi connectivity index (χ2n) is 7.44. The van der Waals surface area contributed by atoms with Gasteiger partial charge in [-0.1, -0.05) is 18.2 Å². The van der Waals surface area contributed by atoms with Gasteiger partial charge in [0, 0.05) is 28.6 Å². The Kier molecular flexibility index (Phi) is 3.35. The van der Waals surface area contributed by atoms with Crippen LogP contribution in [0.5, 0.6) is 11.5 Å². The number of hydrogen-bond acceptors (Lipinski definition) is 6. The first-order valence-electron chi connectivity index (χ1n) is 9.44. The van der Waals surface area contributed by atoms with Crippen molar-refractivity contribution >= 4 is 49.7 Å². The third-order valence-electron chi connectivity index (χ3n) is 5.63. The molecule has 7 heteroatoms. The van der Waals surface area contributed by atoms with E-state index in [0.717, 1.165) is 33.2 Å². The molecule has 1 atom stereocenters. The second kappa shape index (κ2) is 5.84. The predicted octanol–water partition coefficient (Wildman–Crippen LogP) is 4.35. The lowest BCUT2D eigenvalue weighted by Gasteiger charge is -2.22. The highest BCUT2D eigenvalue weighted by atomic mass is 32.1. The van der Waals surface area contributed by atoms with E-state index in [2.05, 4.69) is 13.0 Å². The van der Waals surface area contributed by atoms with E-state index in [9.17, 15) is 4.79 Å². The van der Waals surface area contributed by atoms with Crippen molar-refractivity contribution in [2.24, 2.45) is 0 Å². The number of nitrogens with two attached hydrogens (primary N) is 1. The molecule has 2 N–H and O–H groups in total. The summed E-state index contributed by atoms with van der Waals surface area (Å²) in [4.78, 5) is 21.3. The van der Waals surface area contributed by atoms with Gasteiger partial charge < -0.3 is 20.1 Å². The largest absolute Gasteiger partial charge is 0.454 e. The average Bonchev–Trinajstić information content (AvgIpc) is 3.39. The molecule has 6 nitrogen and oxygen atoms in total. The maximum Gasteiger partial charge on any atom is 0.270 e. The highest BCUT2D eigenvalue weighted by Crippen LogP contribution is 2.41. The van der Waals surface area contributed by atoms with Crippen LogP contribution in [0.25, 0.3) is 21.1 Å². The van der Waals surface area contributed by atoms with Crippen molar-refractivity contribution < 1.29 is 14.3 Å². The standard InChI is InChI=1S/C22H17N3O3S/c1-11-6-12-4-2-3-5-16(12)25(11)22(26)20-19(23)14-7-13-8-17-18(28-10-27-17)9-15(13)24-21(14)29-20/h2-5,7-9,11H,6,10,23H2,1H3/t11-/m0/s1. The summed E-state index contributed by atoms with van der Waals surface area (Å²) in [6.45, 7) is 2.28. The van der Waals surface area contributed by atoms with Gasteiger partial charge in [0.15, 0.2) is 11.5 Å². The van der Waals surface area contributed by atoms with Crippen molar-refractivity contribution in [2.45, 2.75) is 19.4 Å². The minimum absolute atomic E-state index is 0.0684. The summed E-state index contributed by atoms with van der Waals surface area (Å²) in [7, 11) is 0. The average molecular weight is 403 g/mol. The zero-order valence-corrected chi connectivity index (χ0v) is 16.5. The molecule has 6 rings (SSSR count). The van der Waals surface area contributed by atoms with Gasteiger partial charge in [0.05, 0.1) is 11.2 Å². The highest BCUT2D eigenvalue weighted by molar-refractivity contribution is 7.21. The number of hydrogen-bond donors (Lipinski definition) is 1. The molecule has 2 aromatic carbocycles. The van der Waals surface area contributed by atoms with Gasteiger partial charge in [-0.05, 0) is 37.1 Å². The lowest BCUT2D eigenvalue weighted by molar-refractivity contribution is 0.0986. The first-order valence-corrected chi connectivity index (χ1v) is 10.3. The molecule has 0 aliphatic carbocycles. The molecule has 4 heterocycles. The third-order valence-corrected chi connectivity index (χ3v) is 6.73. The summed E-state index contributed by atoms with van der Waals surface area (Å²) in [6, 6.07) is 13.9. The molecule has 2 aromatic heterocycles. The molecule has 4 aromatic rings. The molecular formula is C22H17N3O3S. The molecule has 0 saturated heterocycles. The molecule has 29 heavy (non-hydrogen) atoms. The second-order valence-corrected chi connectivity index (χ2v) is 8.44. The number of amides is 1. The van der Waals surface area contributed by atoms with Crippen LogP contribution in [-0.2, 0) is 6.42 Å². The SMILES string of the molecule is C[C@H]1Cc2ccccc2N1C(=O)c1sc2nc3cc4c(cc3cc2c1N)OCO4. The van der Waals surface area contributed by atoms with E-state index < -0.39 is 0 Å². The van der Waals surface area contributed by atoms with Gasteiger partial charge in [-0.2, -0.15) is 0 Å². The molecule has 1 amide bonds. The number of para-hydroxylation sites is 1. The van der Waals surface area contributed by atoms with Crippen LogP contribution >= 0.6 is 11.3 Å². The zero-order chi connectivity index (χ0) is 19.7. The van der Waals surface area contributed by atoms with Crippen LogP contribution in [0, 0.1) is 0 Å². The number of pyridine rings is 1. The van der Waals surface area contributed by atoms with E-state index in [4.69, 9.17) is 20.2 Å². The molecule has 0 bridgehead atoms. The molecule has 0 unspecified atom stereocenters. The molecule has 144 valence electrons. The number of anilines is 2. The molecule has 2 aliphatic rings. The van der Waals surface area contributed by atoms with E-state index in [-0.39, 0.29) is 18.7 Å². The minimum atomic E-state index is -0.0684. The van der Waals surface area contributed by atoms with Crippen molar-refractivity contribution in [3.05, 3.63) is 52.9 Å². The van der Waals surface area contributed by atoms with E-state index >= 15 is 0 Å². The van der Waals surface area contributed by atoms with Crippen LogP contribution in [0.2, 0.25) is 0 Å². The van der Waals surface area contributed by atoms with E-state index in [1.165, 1.54) is 16.9 Å². The van der Waals surface area contributed by atoms with Crippen LogP contribution in [0.4, 0.5) is 11.4 Å². The Hall–Kier alpha value is -3.32. The Balaban J connectivity index is 1.49. The third kappa shape index (κ3) is 2.34. The Labute approximate surface area is 170 Å². The molecule has 0 fully saturated rings. The molecule has 0 saturated carbocycles.